The molecule has 5 nitrogen and oxygen atoms in total. The lowest BCUT2D eigenvalue weighted by molar-refractivity contribution is -0.141. The number of aliphatic carboxylic acids is 1. The summed E-state index contributed by atoms with van der Waals surface area (Å²) in [5.41, 5.74) is 0. The summed E-state index contributed by atoms with van der Waals surface area (Å²) in [6, 6.07) is 3.56. The first-order valence-corrected chi connectivity index (χ1v) is 8.41. The Morgan fingerprint density at radius 2 is 2.19 bits per heavy atom. The summed E-state index contributed by atoms with van der Waals surface area (Å²) in [5, 5.41) is 9.03. The fourth-order valence-electron chi connectivity index (χ4n) is 1.77. The van der Waals surface area contributed by atoms with Gasteiger partial charge in [0.15, 0.2) is 0 Å². The number of carboxylic acids is 1. The van der Waals surface area contributed by atoms with E-state index < -0.39 is 11.9 Å². The summed E-state index contributed by atoms with van der Waals surface area (Å²) in [7, 11) is 0. The number of carbonyl (C=O) groups is 2. The maximum Gasteiger partial charge on any atom is 0.308 e. The van der Waals surface area contributed by atoms with Gasteiger partial charge in [-0.1, -0.05) is 6.92 Å². The lowest BCUT2D eigenvalue weighted by Crippen LogP contribution is -2.37. The summed E-state index contributed by atoms with van der Waals surface area (Å²) in [5.74, 6) is -1.62. The number of nitrogens with zero attached hydrogens (tertiary/aromatic N) is 1. The van der Waals surface area contributed by atoms with Crippen LogP contribution in [-0.4, -0.2) is 48.2 Å². The molecule has 0 saturated carbocycles. The van der Waals surface area contributed by atoms with E-state index in [1.165, 1.54) is 11.3 Å². The zero-order valence-corrected chi connectivity index (χ0v) is 14.6. The van der Waals surface area contributed by atoms with E-state index in [-0.39, 0.29) is 12.5 Å². The van der Waals surface area contributed by atoms with E-state index in [4.69, 9.17) is 9.84 Å². The number of hydrogen-bond acceptors (Lipinski definition) is 4. The second-order valence-corrected chi connectivity index (χ2v) is 7.11. The molecule has 0 fully saturated rings. The van der Waals surface area contributed by atoms with Crippen LogP contribution < -0.4 is 0 Å². The molecule has 0 bridgehead atoms. The van der Waals surface area contributed by atoms with Gasteiger partial charge in [-0.15, -0.1) is 11.3 Å². The van der Waals surface area contributed by atoms with E-state index in [1.54, 1.807) is 17.9 Å². The Morgan fingerprint density at radius 3 is 2.71 bits per heavy atom. The first kappa shape index (κ1) is 18.1. The number of carbonyl (C=O) groups excluding carboxylic acids is 1. The predicted molar refractivity (Wildman–Crippen MR) is 85.8 cm³/mol. The minimum atomic E-state index is -0.898. The molecule has 118 valence electrons. The summed E-state index contributed by atoms with van der Waals surface area (Å²) < 4.78 is 6.15. The molecule has 0 aliphatic carbocycles. The maximum atomic E-state index is 12.5. The predicted octanol–water partition coefficient (Wildman–Crippen LogP) is 3.10. The van der Waals surface area contributed by atoms with Gasteiger partial charge in [0.25, 0.3) is 5.91 Å². The second kappa shape index (κ2) is 9.17. The average molecular weight is 378 g/mol. The van der Waals surface area contributed by atoms with Gasteiger partial charge >= 0.3 is 5.97 Å². The molecule has 0 aliphatic rings. The van der Waals surface area contributed by atoms with Crippen LogP contribution in [0.5, 0.6) is 0 Å². The van der Waals surface area contributed by atoms with Crippen molar-refractivity contribution in [3.63, 3.8) is 0 Å². The molecule has 21 heavy (non-hydrogen) atoms. The van der Waals surface area contributed by atoms with Crippen molar-refractivity contribution in [3.05, 3.63) is 20.8 Å². The van der Waals surface area contributed by atoms with Crippen LogP contribution in [0.15, 0.2) is 15.9 Å². The lowest BCUT2D eigenvalue weighted by Gasteiger charge is -2.24. The Morgan fingerprint density at radius 1 is 1.48 bits per heavy atom. The zero-order valence-electron chi connectivity index (χ0n) is 12.2. The molecule has 0 aromatic carbocycles. The molecule has 1 N–H and O–H groups in total. The third-order valence-corrected chi connectivity index (χ3v) is 4.52. The van der Waals surface area contributed by atoms with Gasteiger partial charge in [-0.25, -0.2) is 0 Å². The normalized spacial score (nSPS) is 12.1. The number of rotatable bonds is 9. The molecule has 1 aromatic rings. The molecule has 0 radical (unpaired) electrons. The summed E-state index contributed by atoms with van der Waals surface area (Å²) >= 11 is 4.68. The lowest BCUT2D eigenvalue weighted by atomic mass is 10.1. The summed E-state index contributed by atoms with van der Waals surface area (Å²) in [6.07, 6.45) is 0.693. The van der Waals surface area contributed by atoms with Gasteiger partial charge in [0.2, 0.25) is 0 Å². The third-order valence-electron chi connectivity index (χ3n) is 2.91. The van der Waals surface area contributed by atoms with E-state index in [0.717, 1.165) is 3.79 Å². The second-order valence-electron chi connectivity index (χ2n) is 4.64. The molecule has 1 rings (SSSR count). The van der Waals surface area contributed by atoms with E-state index >= 15 is 0 Å². The molecule has 1 amide bonds. The van der Waals surface area contributed by atoms with Gasteiger partial charge in [-0.2, -0.15) is 0 Å². The van der Waals surface area contributed by atoms with Crippen LogP contribution in [-0.2, 0) is 9.53 Å². The molecule has 1 heterocycles. The Bertz CT molecular complexity index is 477. The molecular weight excluding hydrogens is 358 g/mol. The molecule has 7 heteroatoms. The zero-order chi connectivity index (χ0) is 15.8. The molecule has 0 saturated heterocycles. The van der Waals surface area contributed by atoms with Crippen molar-refractivity contribution in [1.29, 1.82) is 0 Å². The monoisotopic (exact) mass is 377 g/mol. The van der Waals surface area contributed by atoms with E-state index in [1.807, 2.05) is 13.0 Å². The standard InChI is InChI=1S/C14H20BrNO4S/c1-3-20-8-4-7-16(9-10(2)14(18)19)13(17)11-5-6-12(15)21-11/h5-6,10H,3-4,7-9H2,1-2H3,(H,18,19). The number of ether oxygens (including phenoxy) is 1. The minimum absolute atomic E-state index is 0.129. The number of thiophene rings is 1. The van der Waals surface area contributed by atoms with Crippen LogP contribution in [0.2, 0.25) is 0 Å². The minimum Gasteiger partial charge on any atom is -0.481 e. The van der Waals surface area contributed by atoms with Crippen LogP contribution in [0.3, 0.4) is 0 Å². The Balaban J connectivity index is 2.70. The van der Waals surface area contributed by atoms with Crippen molar-refractivity contribution in [2.75, 3.05) is 26.3 Å². The van der Waals surface area contributed by atoms with Crippen molar-refractivity contribution in [2.45, 2.75) is 20.3 Å². The Labute approximate surface area is 137 Å². The van der Waals surface area contributed by atoms with Crippen molar-refractivity contribution in [3.8, 4) is 0 Å². The van der Waals surface area contributed by atoms with Crippen LogP contribution in [0.25, 0.3) is 0 Å². The molecule has 1 aromatic heterocycles. The number of amides is 1. The average Bonchev–Trinajstić information content (AvgIpc) is 2.87. The van der Waals surface area contributed by atoms with Gasteiger partial charge in [-0.3, -0.25) is 9.59 Å². The van der Waals surface area contributed by atoms with Gasteiger partial charge in [0.05, 0.1) is 14.6 Å². The summed E-state index contributed by atoms with van der Waals surface area (Å²) in [6.45, 7) is 5.42. The Kier molecular flexibility index (Phi) is 7.92. The third kappa shape index (κ3) is 6.15. The van der Waals surface area contributed by atoms with Gasteiger partial charge < -0.3 is 14.7 Å². The van der Waals surface area contributed by atoms with Crippen molar-refractivity contribution in [2.24, 2.45) is 5.92 Å². The fraction of sp³-hybridized carbons (Fsp3) is 0.571. The van der Waals surface area contributed by atoms with Crippen molar-refractivity contribution >= 4 is 39.1 Å². The largest absolute Gasteiger partial charge is 0.481 e. The van der Waals surface area contributed by atoms with Crippen molar-refractivity contribution in [1.82, 2.24) is 4.90 Å². The highest BCUT2D eigenvalue weighted by molar-refractivity contribution is 9.11. The molecule has 1 atom stereocenters. The number of halogens is 1. The fourth-order valence-corrected chi connectivity index (χ4v) is 3.13. The van der Waals surface area contributed by atoms with Gasteiger partial charge in [0.1, 0.15) is 0 Å². The van der Waals surface area contributed by atoms with Crippen molar-refractivity contribution < 1.29 is 19.4 Å². The molecule has 0 aliphatic heterocycles. The smallest absolute Gasteiger partial charge is 0.308 e. The number of carboxylic acid groups (broad SMARTS) is 1. The highest BCUT2D eigenvalue weighted by Gasteiger charge is 2.22. The maximum absolute atomic E-state index is 12.5. The van der Waals surface area contributed by atoms with E-state index in [0.29, 0.717) is 31.1 Å². The topological polar surface area (TPSA) is 66.8 Å². The quantitative estimate of drug-likeness (QED) is 0.671. The SMILES string of the molecule is CCOCCCN(CC(C)C(=O)O)C(=O)c1ccc(Br)s1. The molecular formula is C14H20BrNO4S. The Hall–Kier alpha value is -0.920. The summed E-state index contributed by atoms with van der Waals surface area (Å²) in [4.78, 5) is 25.7. The van der Waals surface area contributed by atoms with Crippen LogP contribution in [0.4, 0.5) is 0 Å². The van der Waals surface area contributed by atoms with Crippen LogP contribution in [0, 0.1) is 5.92 Å². The van der Waals surface area contributed by atoms with E-state index in [9.17, 15) is 9.59 Å². The highest BCUT2D eigenvalue weighted by atomic mass is 79.9. The first-order valence-electron chi connectivity index (χ1n) is 6.80. The first-order chi connectivity index (χ1) is 9.95. The van der Waals surface area contributed by atoms with Gasteiger partial charge in [0, 0.05) is 26.3 Å². The van der Waals surface area contributed by atoms with E-state index in [2.05, 4.69) is 15.9 Å². The van der Waals surface area contributed by atoms with Gasteiger partial charge in [-0.05, 0) is 41.4 Å². The molecule has 0 spiro atoms. The highest BCUT2D eigenvalue weighted by Crippen LogP contribution is 2.23. The number of hydrogen-bond donors (Lipinski definition) is 1. The van der Waals surface area contributed by atoms with Crippen LogP contribution in [0.1, 0.15) is 29.9 Å². The molecule has 1 unspecified atom stereocenters. The van der Waals surface area contributed by atoms with Crippen LogP contribution >= 0.6 is 27.3 Å².